The maximum absolute atomic E-state index is 14.4. The van der Waals surface area contributed by atoms with E-state index in [9.17, 15) is 31.0 Å². The summed E-state index contributed by atoms with van der Waals surface area (Å²) in [6, 6.07) is 4.50. The molecule has 0 saturated carbocycles. The van der Waals surface area contributed by atoms with Gasteiger partial charge in [0.2, 0.25) is 5.82 Å². The number of rotatable bonds is 5. The van der Waals surface area contributed by atoms with Gasteiger partial charge in [0.25, 0.3) is 5.91 Å². The molecule has 2 aromatic rings. The molecule has 1 aliphatic rings. The lowest BCUT2D eigenvalue weighted by atomic mass is 9.77. The first-order chi connectivity index (χ1) is 15.3. The average Bonchev–Trinajstić information content (AvgIpc) is 3.02. The van der Waals surface area contributed by atoms with Crippen LogP contribution in [0.5, 0.6) is 5.75 Å². The third-order valence-corrected chi connectivity index (χ3v) is 6.68. The molecule has 1 saturated heterocycles. The SMILES string of the molecule is COc1c(C2[C@H](C(=O)Nc3ccnc(S(C)=O)c3)O[C@@](C)(C(F)(F)F)[C@H]2C)ccc(F)c1F. The highest BCUT2D eigenvalue weighted by atomic mass is 32.2. The number of carbonyl (C=O) groups is 1. The molecular weight excluding hydrogens is 471 g/mol. The van der Waals surface area contributed by atoms with E-state index in [1.807, 2.05) is 0 Å². The number of hydrogen-bond donors (Lipinski definition) is 1. The van der Waals surface area contributed by atoms with Crippen LogP contribution >= 0.6 is 0 Å². The minimum absolute atomic E-state index is 0.132. The number of alkyl halides is 3. The number of benzene rings is 1. The highest BCUT2D eigenvalue weighted by Gasteiger charge is 2.65. The second-order valence-electron chi connectivity index (χ2n) is 7.77. The Labute approximate surface area is 188 Å². The molecule has 0 spiro atoms. The van der Waals surface area contributed by atoms with Gasteiger partial charge < -0.3 is 14.8 Å². The standard InChI is InChI=1S/C21H21F5N2O4S/c1-10-15(12-5-6-13(22)16(23)17(12)31-3)18(32-20(10,2)21(24,25)26)19(29)28-11-7-8-27-14(9-11)33(4)30/h5-10,15,18H,1-4H3,(H,27,28,29)/t10-,15?,18+,20+,33?/m0/s1. The van der Waals surface area contributed by atoms with Crippen molar-refractivity contribution in [2.24, 2.45) is 5.92 Å². The van der Waals surface area contributed by atoms with E-state index in [0.717, 1.165) is 26.2 Å². The number of anilines is 1. The zero-order valence-electron chi connectivity index (χ0n) is 18.0. The first kappa shape index (κ1) is 25.0. The van der Waals surface area contributed by atoms with Gasteiger partial charge in [0, 0.05) is 35.5 Å². The maximum atomic E-state index is 14.4. The number of methoxy groups -OCH3 is 1. The minimum Gasteiger partial charge on any atom is -0.493 e. The van der Waals surface area contributed by atoms with Crippen molar-refractivity contribution in [2.75, 3.05) is 18.7 Å². The molecular formula is C21H21F5N2O4S. The summed E-state index contributed by atoms with van der Waals surface area (Å²) in [5.41, 5.74) is -2.76. The van der Waals surface area contributed by atoms with Gasteiger partial charge in [0.15, 0.2) is 17.2 Å². The Balaban J connectivity index is 2.07. The Morgan fingerprint density at radius 3 is 2.52 bits per heavy atom. The zero-order valence-corrected chi connectivity index (χ0v) is 18.8. The predicted molar refractivity (Wildman–Crippen MR) is 109 cm³/mol. The quantitative estimate of drug-likeness (QED) is 0.634. The van der Waals surface area contributed by atoms with Gasteiger partial charge >= 0.3 is 6.18 Å². The summed E-state index contributed by atoms with van der Waals surface area (Å²) < 4.78 is 91.8. The van der Waals surface area contributed by atoms with Crippen molar-refractivity contribution in [3.05, 3.63) is 47.7 Å². The van der Waals surface area contributed by atoms with Crippen LogP contribution in [-0.4, -0.2) is 46.3 Å². The molecule has 0 aliphatic carbocycles. The molecule has 1 fully saturated rings. The van der Waals surface area contributed by atoms with Crippen molar-refractivity contribution in [1.29, 1.82) is 0 Å². The summed E-state index contributed by atoms with van der Waals surface area (Å²) >= 11 is 0. The summed E-state index contributed by atoms with van der Waals surface area (Å²) in [6.45, 7) is 2.02. The molecule has 1 aromatic heterocycles. The molecule has 1 N–H and O–H groups in total. The summed E-state index contributed by atoms with van der Waals surface area (Å²) in [6.07, 6.45) is -3.95. The van der Waals surface area contributed by atoms with Crippen LogP contribution in [0.3, 0.4) is 0 Å². The van der Waals surface area contributed by atoms with Gasteiger partial charge in [-0.2, -0.15) is 17.6 Å². The highest BCUT2D eigenvalue weighted by molar-refractivity contribution is 7.84. The Morgan fingerprint density at radius 1 is 1.27 bits per heavy atom. The number of halogens is 5. The fourth-order valence-corrected chi connectivity index (χ4v) is 4.40. The van der Waals surface area contributed by atoms with Crippen LogP contribution in [0.1, 0.15) is 25.3 Å². The minimum atomic E-state index is -4.87. The van der Waals surface area contributed by atoms with Crippen LogP contribution in [0.2, 0.25) is 0 Å². The first-order valence-electron chi connectivity index (χ1n) is 9.68. The van der Waals surface area contributed by atoms with Gasteiger partial charge in [-0.1, -0.05) is 13.0 Å². The topological polar surface area (TPSA) is 77.5 Å². The van der Waals surface area contributed by atoms with Crippen molar-refractivity contribution in [1.82, 2.24) is 4.98 Å². The van der Waals surface area contributed by atoms with Crippen LogP contribution in [0.25, 0.3) is 0 Å². The molecule has 2 heterocycles. The summed E-state index contributed by atoms with van der Waals surface area (Å²) in [7, 11) is -0.423. The number of carbonyl (C=O) groups excluding carboxylic acids is 1. The van der Waals surface area contributed by atoms with E-state index in [-0.39, 0.29) is 16.3 Å². The number of nitrogens with zero attached hydrogens (tertiary/aromatic N) is 1. The van der Waals surface area contributed by atoms with E-state index in [0.29, 0.717) is 0 Å². The Kier molecular flexibility index (Phi) is 6.81. The lowest BCUT2D eigenvalue weighted by Gasteiger charge is -2.32. The first-order valence-corrected chi connectivity index (χ1v) is 11.2. The van der Waals surface area contributed by atoms with Crippen LogP contribution in [0.4, 0.5) is 27.6 Å². The Hall–Kier alpha value is -2.60. The lowest BCUT2D eigenvalue weighted by molar-refractivity contribution is -0.272. The molecule has 0 bridgehead atoms. The molecule has 2 unspecified atom stereocenters. The maximum Gasteiger partial charge on any atom is 0.417 e. The van der Waals surface area contributed by atoms with E-state index in [2.05, 4.69) is 10.3 Å². The number of hydrogen-bond acceptors (Lipinski definition) is 5. The molecule has 5 atom stereocenters. The van der Waals surface area contributed by atoms with E-state index >= 15 is 0 Å². The number of nitrogens with one attached hydrogen (secondary N) is 1. The highest BCUT2D eigenvalue weighted by Crippen LogP contribution is 2.55. The van der Waals surface area contributed by atoms with Crippen LogP contribution in [0.15, 0.2) is 35.5 Å². The Morgan fingerprint density at radius 2 is 1.94 bits per heavy atom. The molecule has 1 aromatic carbocycles. The molecule has 3 rings (SSSR count). The number of pyridine rings is 1. The fraction of sp³-hybridized carbons (Fsp3) is 0.429. The monoisotopic (exact) mass is 492 g/mol. The van der Waals surface area contributed by atoms with Crippen LogP contribution in [-0.2, 0) is 20.3 Å². The van der Waals surface area contributed by atoms with Crippen molar-refractivity contribution in [2.45, 2.75) is 42.7 Å². The van der Waals surface area contributed by atoms with Crippen molar-refractivity contribution in [3.63, 3.8) is 0 Å². The second-order valence-corrected chi connectivity index (χ2v) is 9.09. The molecule has 0 radical (unpaired) electrons. The van der Waals surface area contributed by atoms with Gasteiger partial charge in [-0.15, -0.1) is 0 Å². The van der Waals surface area contributed by atoms with Crippen molar-refractivity contribution < 1.29 is 40.4 Å². The van der Waals surface area contributed by atoms with Gasteiger partial charge in [-0.25, -0.2) is 9.37 Å². The third kappa shape index (κ3) is 4.45. The van der Waals surface area contributed by atoms with Crippen LogP contribution in [0, 0.1) is 17.6 Å². The van der Waals surface area contributed by atoms with Gasteiger partial charge in [0.1, 0.15) is 11.1 Å². The number of amides is 1. The molecule has 1 amide bonds. The average molecular weight is 492 g/mol. The van der Waals surface area contributed by atoms with Gasteiger partial charge in [0.05, 0.1) is 17.9 Å². The third-order valence-electron chi connectivity index (χ3n) is 5.87. The molecule has 1 aliphatic heterocycles. The normalized spacial score (nSPS) is 26.2. The number of ether oxygens (including phenoxy) is 2. The van der Waals surface area contributed by atoms with E-state index < -0.39 is 63.8 Å². The largest absolute Gasteiger partial charge is 0.493 e. The lowest BCUT2D eigenvalue weighted by Crippen LogP contribution is -2.47. The zero-order chi connectivity index (χ0) is 24.7. The van der Waals surface area contributed by atoms with Crippen molar-refractivity contribution in [3.8, 4) is 5.75 Å². The van der Waals surface area contributed by atoms with E-state index in [1.165, 1.54) is 31.5 Å². The molecule has 12 heteroatoms. The smallest absolute Gasteiger partial charge is 0.417 e. The molecule has 6 nitrogen and oxygen atoms in total. The number of aromatic nitrogens is 1. The fourth-order valence-electron chi connectivity index (χ4n) is 3.90. The Bertz CT molecular complexity index is 1100. The van der Waals surface area contributed by atoms with E-state index in [1.54, 1.807) is 0 Å². The predicted octanol–water partition coefficient (Wildman–Crippen LogP) is 4.18. The summed E-state index contributed by atoms with van der Waals surface area (Å²) in [4.78, 5) is 17.0. The summed E-state index contributed by atoms with van der Waals surface area (Å²) in [5.74, 6) is -6.89. The summed E-state index contributed by atoms with van der Waals surface area (Å²) in [5, 5.41) is 2.58. The molecule has 33 heavy (non-hydrogen) atoms. The molecule has 180 valence electrons. The van der Waals surface area contributed by atoms with Crippen molar-refractivity contribution >= 4 is 22.4 Å². The van der Waals surface area contributed by atoms with E-state index in [4.69, 9.17) is 9.47 Å². The van der Waals surface area contributed by atoms with Gasteiger partial charge in [-0.05, 0) is 25.1 Å². The second kappa shape index (κ2) is 8.98. The van der Waals surface area contributed by atoms with Crippen LogP contribution < -0.4 is 10.1 Å². The van der Waals surface area contributed by atoms with Gasteiger partial charge in [-0.3, -0.25) is 9.00 Å².